The number of halogens is 2. The molecule has 0 bridgehead atoms. The van der Waals surface area contributed by atoms with Crippen LogP contribution < -0.4 is 11.1 Å². The minimum absolute atomic E-state index is 0.0695. The molecular formula is C18H26ClFN4. The lowest BCUT2D eigenvalue weighted by atomic mass is 9.96. The highest BCUT2D eigenvalue weighted by atomic mass is 35.5. The topological polar surface area (TPSA) is 53.6 Å². The van der Waals surface area contributed by atoms with Crippen LogP contribution in [-0.2, 0) is 5.41 Å². The molecular weight excluding hydrogens is 327 g/mol. The van der Waals surface area contributed by atoms with Gasteiger partial charge in [-0.05, 0) is 56.5 Å². The molecule has 4 nitrogen and oxygen atoms in total. The minimum Gasteiger partial charge on any atom is -0.370 e. The summed E-state index contributed by atoms with van der Waals surface area (Å²) in [4.78, 5) is 7.00. The summed E-state index contributed by atoms with van der Waals surface area (Å²) in [5.74, 6) is 0.184. The first kappa shape index (κ1) is 17.5. The van der Waals surface area contributed by atoms with E-state index in [-0.39, 0.29) is 11.2 Å². The summed E-state index contributed by atoms with van der Waals surface area (Å²) in [6.45, 7) is 5.88. The van der Waals surface area contributed by atoms with Gasteiger partial charge in [-0.2, -0.15) is 0 Å². The smallest absolute Gasteiger partial charge is 0.188 e. The van der Waals surface area contributed by atoms with E-state index in [4.69, 9.17) is 17.3 Å². The van der Waals surface area contributed by atoms with E-state index in [2.05, 4.69) is 22.1 Å². The van der Waals surface area contributed by atoms with Crippen LogP contribution in [0, 0.1) is 5.82 Å². The predicted octanol–water partition coefficient (Wildman–Crippen LogP) is 2.90. The molecule has 1 aliphatic heterocycles. The summed E-state index contributed by atoms with van der Waals surface area (Å²) in [5.41, 5.74) is 6.95. The zero-order valence-corrected chi connectivity index (χ0v) is 14.9. The quantitative estimate of drug-likeness (QED) is 0.611. The van der Waals surface area contributed by atoms with E-state index in [0.717, 1.165) is 31.5 Å². The summed E-state index contributed by atoms with van der Waals surface area (Å²) >= 11 is 6.21. The van der Waals surface area contributed by atoms with Crippen molar-refractivity contribution in [2.45, 2.75) is 44.1 Å². The lowest BCUT2D eigenvalue weighted by Gasteiger charge is -2.23. The van der Waals surface area contributed by atoms with Crippen LogP contribution in [0.3, 0.4) is 0 Å². The average molecular weight is 353 g/mol. The molecule has 1 saturated heterocycles. The molecule has 0 spiro atoms. The lowest BCUT2D eigenvalue weighted by Crippen LogP contribution is -2.43. The lowest BCUT2D eigenvalue weighted by molar-refractivity contribution is 0.267. The zero-order valence-electron chi connectivity index (χ0n) is 14.2. The second-order valence-corrected chi connectivity index (χ2v) is 7.32. The van der Waals surface area contributed by atoms with Gasteiger partial charge in [0.15, 0.2) is 5.96 Å². The molecule has 1 aliphatic carbocycles. The van der Waals surface area contributed by atoms with Gasteiger partial charge in [-0.25, -0.2) is 4.39 Å². The standard InChI is InChI=1S/C18H26ClFN4/c1-2-24-9-3-4-14(24)11-22-17(21)23-12-18(7-8-18)15-6-5-13(20)10-16(15)19/h5-6,10,14H,2-4,7-9,11-12H2,1H3,(H3,21,22,23). The number of hydrogen-bond donors (Lipinski definition) is 2. The Morgan fingerprint density at radius 2 is 2.29 bits per heavy atom. The highest BCUT2D eigenvalue weighted by Gasteiger charge is 2.45. The van der Waals surface area contributed by atoms with Crippen LogP contribution in [0.2, 0.25) is 5.02 Å². The Bertz CT molecular complexity index is 615. The molecule has 1 heterocycles. The zero-order chi connectivity index (χ0) is 17.2. The van der Waals surface area contributed by atoms with Crippen molar-refractivity contribution in [1.82, 2.24) is 10.2 Å². The molecule has 3 rings (SSSR count). The second-order valence-electron chi connectivity index (χ2n) is 6.91. The van der Waals surface area contributed by atoms with E-state index < -0.39 is 0 Å². The van der Waals surface area contributed by atoms with Crippen LogP contribution >= 0.6 is 11.6 Å². The van der Waals surface area contributed by atoms with E-state index in [1.807, 2.05) is 0 Å². The van der Waals surface area contributed by atoms with Crippen molar-refractivity contribution in [2.24, 2.45) is 10.7 Å². The average Bonchev–Trinajstić information content (AvgIpc) is 3.20. The molecule has 24 heavy (non-hydrogen) atoms. The van der Waals surface area contributed by atoms with Crippen LogP contribution in [0.25, 0.3) is 0 Å². The van der Waals surface area contributed by atoms with E-state index in [1.165, 1.54) is 31.5 Å². The number of guanidine groups is 1. The van der Waals surface area contributed by atoms with Crippen LogP contribution in [0.4, 0.5) is 4.39 Å². The Morgan fingerprint density at radius 3 is 2.96 bits per heavy atom. The molecule has 3 N–H and O–H groups in total. The van der Waals surface area contributed by atoms with Gasteiger partial charge in [0, 0.05) is 23.0 Å². The molecule has 0 amide bonds. The van der Waals surface area contributed by atoms with Gasteiger partial charge in [0.2, 0.25) is 0 Å². The molecule has 1 saturated carbocycles. The fourth-order valence-corrected chi connectivity index (χ4v) is 4.01. The van der Waals surface area contributed by atoms with Crippen molar-refractivity contribution in [3.05, 3.63) is 34.6 Å². The molecule has 2 fully saturated rings. The summed E-state index contributed by atoms with van der Waals surface area (Å²) < 4.78 is 13.2. The van der Waals surface area contributed by atoms with Crippen molar-refractivity contribution in [2.75, 3.05) is 26.2 Å². The van der Waals surface area contributed by atoms with Gasteiger partial charge < -0.3 is 11.1 Å². The maximum Gasteiger partial charge on any atom is 0.188 e. The van der Waals surface area contributed by atoms with Gasteiger partial charge in [-0.3, -0.25) is 9.89 Å². The molecule has 0 aromatic heterocycles. The number of likely N-dealkylation sites (tertiary alicyclic amines) is 1. The van der Waals surface area contributed by atoms with Crippen LogP contribution in [0.5, 0.6) is 0 Å². The molecule has 2 aliphatic rings. The number of benzene rings is 1. The Kier molecular flexibility index (Phi) is 5.30. The summed E-state index contributed by atoms with van der Waals surface area (Å²) in [7, 11) is 0. The van der Waals surface area contributed by atoms with Gasteiger partial charge in [-0.1, -0.05) is 24.6 Å². The normalized spacial score (nSPS) is 23.5. The monoisotopic (exact) mass is 352 g/mol. The fraction of sp³-hybridized carbons (Fsp3) is 0.611. The first-order chi connectivity index (χ1) is 11.5. The van der Waals surface area contributed by atoms with E-state index in [0.29, 0.717) is 23.6 Å². The third-order valence-corrected chi connectivity index (χ3v) is 5.64. The molecule has 1 aromatic rings. The van der Waals surface area contributed by atoms with E-state index >= 15 is 0 Å². The van der Waals surface area contributed by atoms with Crippen molar-refractivity contribution in [1.29, 1.82) is 0 Å². The first-order valence-electron chi connectivity index (χ1n) is 8.77. The maximum atomic E-state index is 13.2. The van der Waals surface area contributed by atoms with Gasteiger partial charge >= 0.3 is 0 Å². The highest BCUT2D eigenvalue weighted by Crippen LogP contribution is 2.50. The third kappa shape index (κ3) is 3.83. The third-order valence-electron chi connectivity index (χ3n) is 5.33. The van der Waals surface area contributed by atoms with Crippen LogP contribution in [0.15, 0.2) is 23.2 Å². The van der Waals surface area contributed by atoms with Gasteiger partial charge in [0.1, 0.15) is 5.82 Å². The van der Waals surface area contributed by atoms with Crippen molar-refractivity contribution in [3.8, 4) is 0 Å². The molecule has 1 atom stereocenters. The second kappa shape index (κ2) is 7.28. The van der Waals surface area contributed by atoms with Gasteiger partial charge in [0.25, 0.3) is 0 Å². The summed E-state index contributed by atoms with van der Waals surface area (Å²) in [6.07, 6.45) is 4.50. The molecule has 1 aromatic carbocycles. The first-order valence-corrected chi connectivity index (χ1v) is 9.15. The van der Waals surface area contributed by atoms with Gasteiger partial charge in [-0.15, -0.1) is 0 Å². The van der Waals surface area contributed by atoms with Crippen molar-refractivity contribution < 1.29 is 4.39 Å². The number of nitrogens with two attached hydrogens (primary N) is 1. The number of likely N-dealkylation sites (N-methyl/N-ethyl adjacent to an activating group) is 1. The Hall–Kier alpha value is -1.33. The number of hydrogen-bond acceptors (Lipinski definition) is 2. The van der Waals surface area contributed by atoms with Gasteiger partial charge in [0.05, 0.1) is 6.54 Å². The predicted molar refractivity (Wildman–Crippen MR) is 97.1 cm³/mol. The van der Waals surface area contributed by atoms with E-state index in [1.54, 1.807) is 6.07 Å². The molecule has 1 unspecified atom stereocenters. The Morgan fingerprint density at radius 1 is 1.50 bits per heavy atom. The summed E-state index contributed by atoms with van der Waals surface area (Å²) in [5, 5.41) is 3.74. The van der Waals surface area contributed by atoms with Crippen LogP contribution in [0.1, 0.15) is 38.2 Å². The Labute approximate surface area is 148 Å². The van der Waals surface area contributed by atoms with Crippen molar-refractivity contribution in [3.63, 3.8) is 0 Å². The number of nitrogens with one attached hydrogen (secondary N) is 1. The SMILES string of the molecule is CCN1CCCC1CNC(N)=NCC1(c2ccc(F)cc2Cl)CC1. The number of aliphatic imine (C=N–C) groups is 1. The molecule has 6 heteroatoms. The largest absolute Gasteiger partial charge is 0.370 e. The van der Waals surface area contributed by atoms with Crippen molar-refractivity contribution >= 4 is 17.6 Å². The maximum absolute atomic E-state index is 13.2. The molecule has 0 radical (unpaired) electrons. The van der Waals surface area contributed by atoms with Crippen LogP contribution in [-0.4, -0.2) is 43.1 Å². The highest BCUT2D eigenvalue weighted by molar-refractivity contribution is 6.31. The minimum atomic E-state index is -0.304. The number of nitrogens with zero attached hydrogens (tertiary/aromatic N) is 2. The fourth-order valence-electron chi connectivity index (χ4n) is 3.64. The summed E-state index contributed by atoms with van der Waals surface area (Å²) in [6, 6.07) is 5.17. The Balaban J connectivity index is 1.56. The van der Waals surface area contributed by atoms with E-state index in [9.17, 15) is 4.39 Å². The molecule has 132 valence electrons. The number of rotatable bonds is 6.